The van der Waals surface area contributed by atoms with Crippen molar-refractivity contribution in [1.29, 1.82) is 5.53 Å². The van der Waals surface area contributed by atoms with Crippen molar-refractivity contribution < 1.29 is 4.79 Å². The van der Waals surface area contributed by atoms with E-state index in [2.05, 4.69) is 11.7 Å². The summed E-state index contributed by atoms with van der Waals surface area (Å²) in [5, 5.41) is 3.19. The molecule has 13 heavy (non-hydrogen) atoms. The largest absolute Gasteiger partial charge is 0.292 e. The Balaban J connectivity index is 4.84. The van der Waals surface area contributed by atoms with Gasteiger partial charge in [0.2, 0.25) is 0 Å². The maximum Gasteiger partial charge on any atom is 0.184 e. The van der Waals surface area contributed by atoms with Gasteiger partial charge in [0.25, 0.3) is 0 Å². The van der Waals surface area contributed by atoms with Gasteiger partial charge in [-0.05, 0) is 31.4 Å². The predicted molar refractivity (Wildman–Crippen MR) is 52.8 cm³/mol. The second kappa shape index (κ2) is 5.41. The van der Waals surface area contributed by atoms with Crippen molar-refractivity contribution in [2.24, 2.45) is 5.11 Å². The minimum absolute atomic E-state index is 0.0910. The zero-order valence-corrected chi connectivity index (χ0v) is 8.42. The Hall–Kier alpha value is -1.25. The van der Waals surface area contributed by atoms with Crippen molar-refractivity contribution >= 4 is 5.78 Å². The minimum Gasteiger partial charge on any atom is -0.292 e. The first-order chi connectivity index (χ1) is 6.08. The molecule has 3 nitrogen and oxygen atoms in total. The molecule has 0 rings (SSSR count). The third-order valence-corrected chi connectivity index (χ3v) is 2.05. The fourth-order valence-corrected chi connectivity index (χ4v) is 1.09. The summed E-state index contributed by atoms with van der Waals surface area (Å²) in [6, 6.07) is -0.568. The highest BCUT2D eigenvalue weighted by molar-refractivity contribution is 5.99. The molecular weight excluding hydrogens is 164 g/mol. The van der Waals surface area contributed by atoms with E-state index < -0.39 is 6.04 Å². The summed E-state index contributed by atoms with van der Waals surface area (Å²) in [6.45, 7) is 8.98. The van der Waals surface area contributed by atoms with E-state index in [0.717, 1.165) is 12.0 Å². The number of carbonyl (C=O) groups excluding carboxylic acids is 1. The predicted octanol–water partition coefficient (Wildman–Crippen LogP) is 2.89. The van der Waals surface area contributed by atoms with Crippen LogP contribution in [0.1, 0.15) is 27.2 Å². The number of hydrogen-bond donors (Lipinski definition) is 1. The van der Waals surface area contributed by atoms with Gasteiger partial charge in [-0.25, -0.2) is 5.53 Å². The van der Waals surface area contributed by atoms with E-state index >= 15 is 0 Å². The molecule has 1 atom stereocenters. The van der Waals surface area contributed by atoms with Crippen LogP contribution in [0.5, 0.6) is 0 Å². The summed E-state index contributed by atoms with van der Waals surface area (Å²) in [5.41, 5.74) is 8.34. The van der Waals surface area contributed by atoms with E-state index in [9.17, 15) is 4.79 Å². The SMILES string of the molecule is C=C/C(CC)=C(\C)C(=O)C(C)N=N. The first-order valence-corrected chi connectivity index (χ1v) is 4.31. The molecule has 0 aliphatic carbocycles. The molecule has 0 fully saturated rings. The quantitative estimate of drug-likeness (QED) is 0.395. The first kappa shape index (κ1) is 11.8. The highest BCUT2D eigenvalue weighted by atomic mass is 16.1. The van der Waals surface area contributed by atoms with Crippen molar-refractivity contribution in [3.05, 3.63) is 23.8 Å². The van der Waals surface area contributed by atoms with Gasteiger partial charge in [0.15, 0.2) is 5.78 Å². The van der Waals surface area contributed by atoms with Crippen molar-refractivity contribution in [3.8, 4) is 0 Å². The normalized spacial score (nSPS) is 14.4. The summed E-state index contributed by atoms with van der Waals surface area (Å²) in [7, 11) is 0. The average molecular weight is 180 g/mol. The fraction of sp³-hybridized carbons (Fsp3) is 0.500. The van der Waals surface area contributed by atoms with Crippen molar-refractivity contribution in [2.45, 2.75) is 33.2 Å². The molecule has 0 bridgehead atoms. The summed E-state index contributed by atoms with van der Waals surface area (Å²) in [6.07, 6.45) is 2.47. The second-order valence-corrected chi connectivity index (χ2v) is 2.88. The monoisotopic (exact) mass is 180 g/mol. The number of allylic oxidation sites excluding steroid dienone is 2. The lowest BCUT2D eigenvalue weighted by atomic mass is 10.00. The molecule has 1 unspecified atom stereocenters. The third-order valence-electron chi connectivity index (χ3n) is 2.05. The fourth-order valence-electron chi connectivity index (χ4n) is 1.09. The van der Waals surface area contributed by atoms with Gasteiger partial charge in [0.1, 0.15) is 6.04 Å². The summed E-state index contributed by atoms with van der Waals surface area (Å²) in [4.78, 5) is 11.5. The summed E-state index contributed by atoms with van der Waals surface area (Å²) < 4.78 is 0. The van der Waals surface area contributed by atoms with Crippen molar-refractivity contribution in [1.82, 2.24) is 0 Å². The molecule has 1 N–H and O–H groups in total. The van der Waals surface area contributed by atoms with Gasteiger partial charge in [-0.3, -0.25) is 4.79 Å². The van der Waals surface area contributed by atoms with Crippen LogP contribution in [0.3, 0.4) is 0 Å². The molecule has 0 aromatic rings. The van der Waals surface area contributed by atoms with E-state index in [4.69, 9.17) is 5.53 Å². The van der Waals surface area contributed by atoms with E-state index in [0.29, 0.717) is 5.57 Å². The Morgan fingerprint density at radius 1 is 1.69 bits per heavy atom. The van der Waals surface area contributed by atoms with Crippen molar-refractivity contribution in [2.75, 3.05) is 0 Å². The Kier molecular flexibility index (Phi) is 4.89. The van der Waals surface area contributed by atoms with E-state index in [1.54, 1.807) is 19.9 Å². The molecule has 0 aliphatic rings. The van der Waals surface area contributed by atoms with Crippen LogP contribution in [0.4, 0.5) is 0 Å². The topological polar surface area (TPSA) is 53.3 Å². The lowest BCUT2D eigenvalue weighted by Gasteiger charge is -2.07. The number of Topliss-reactive ketones (excluding diaryl/α,β-unsaturated/α-hetero) is 1. The molecule has 0 radical (unpaired) electrons. The standard InChI is InChI=1S/C10H16N2O/c1-5-9(6-2)7(3)10(13)8(4)12-11/h5,8,11H,1,6H2,2-4H3/b9-7-,12-11?. The van der Waals surface area contributed by atoms with Crippen molar-refractivity contribution in [3.63, 3.8) is 0 Å². The molecular formula is C10H16N2O. The molecule has 0 aromatic carbocycles. The Morgan fingerprint density at radius 2 is 2.23 bits per heavy atom. The van der Waals surface area contributed by atoms with Crippen LogP contribution in [-0.4, -0.2) is 11.8 Å². The zero-order chi connectivity index (χ0) is 10.4. The molecule has 0 heterocycles. The summed E-state index contributed by atoms with van der Waals surface area (Å²) in [5.74, 6) is -0.0910. The van der Waals surface area contributed by atoms with Gasteiger partial charge in [0, 0.05) is 0 Å². The Bertz CT molecular complexity index is 254. The molecule has 0 saturated heterocycles. The van der Waals surface area contributed by atoms with Crippen LogP contribution in [0.15, 0.2) is 28.9 Å². The Labute approximate surface area is 79.0 Å². The number of hydrogen-bond acceptors (Lipinski definition) is 3. The lowest BCUT2D eigenvalue weighted by Crippen LogP contribution is -2.16. The van der Waals surface area contributed by atoms with Crippen LogP contribution in [0, 0.1) is 5.53 Å². The van der Waals surface area contributed by atoms with Gasteiger partial charge < -0.3 is 0 Å². The molecule has 0 aliphatic heterocycles. The van der Waals surface area contributed by atoms with Crippen LogP contribution < -0.4 is 0 Å². The minimum atomic E-state index is -0.568. The van der Waals surface area contributed by atoms with Crippen LogP contribution >= 0.6 is 0 Å². The third kappa shape index (κ3) is 2.93. The highest BCUT2D eigenvalue weighted by Gasteiger charge is 2.14. The van der Waals surface area contributed by atoms with Gasteiger partial charge in [0.05, 0.1) is 0 Å². The number of nitrogens with one attached hydrogen (secondary N) is 1. The second-order valence-electron chi connectivity index (χ2n) is 2.88. The van der Waals surface area contributed by atoms with Crippen LogP contribution in [0.2, 0.25) is 0 Å². The Morgan fingerprint density at radius 3 is 2.54 bits per heavy atom. The molecule has 0 amide bonds. The molecule has 72 valence electrons. The van der Waals surface area contributed by atoms with Crippen LogP contribution in [0.25, 0.3) is 0 Å². The van der Waals surface area contributed by atoms with Gasteiger partial charge in [-0.15, -0.1) is 0 Å². The molecule has 0 spiro atoms. The lowest BCUT2D eigenvalue weighted by molar-refractivity contribution is -0.116. The maximum absolute atomic E-state index is 11.5. The van der Waals surface area contributed by atoms with Gasteiger partial charge in [-0.2, -0.15) is 5.11 Å². The number of ketones is 1. The molecule has 0 saturated carbocycles. The summed E-state index contributed by atoms with van der Waals surface area (Å²) >= 11 is 0. The number of carbonyl (C=O) groups is 1. The molecule has 3 heteroatoms. The maximum atomic E-state index is 11.5. The smallest absolute Gasteiger partial charge is 0.184 e. The van der Waals surface area contributed by atoms with Gasteiger partial charge in [-0.1, -0.05) is 19.6 Å². The zero-order valence-electron chi connectivity index (χ0n) is 8.42. The molecule has 0 aromatic heterocycles. The number of nitrogens with zero attached hydrogens (tertiary/aromatic N) is 1. The number of rotatable bonds is 5. The van der Waals surface area contributed by atoms with E-state index in [-0.39, 0.29) is 5.78 Å². The van der Waals surface area contributed by atoms with E-state index in [1.807, 2.05) is 6.92 Å². The highest BCUT2D eigenvalue weighted by Crippen LogP contribution is 2.12. The van der Waals surface area contributed by atoms with Crippen LogP contribution in [-0.2, 0) is 4.79 Å². The average Bonchev–Trinajstić information content (AvgIpc) is 2.17. The van der Waals surface area contributed by atoms with Gasteiger partial charge >= 0.3 is 0 Å². The van der Waals surface area contributed by atoms with E-state index in [1.165, 1.54) is 0 Å². The first-order valence-electron chi connectivity index (χ1n) is 4.31.